The van der Waals surface area contributed by atoms with Crippen molar-refractivity contribution in [2.45, 2.75) is 38.8 Å². The molecule has 3 nitrogen and oxygen atoms in total. The minimum atomic E-state index is -0.154. The summed E-state index contributed by atoms with van der Waals surface area (Å²) in [5.41, 5.74) is 1.15. The number of halogens is 1. The predicted octanol–water partition coefficient (Wildman–Crippen LogP) is 2.82. The number of nitrogens with zero attached hydrogens (tertiary/aromatic N) is 3. The van der Waals surface area contributed by atoms with Gasteiger partial charge in [0.05, 0.1) is 0 Å². The minimum Gasteiger partial charge on any atom is -0.369 e. The Kier molecular flexibility index (Phi) is 4.99. The maximum absolute atomic E-state index is 13.0. The molecule has 3 rings (SSSR count). The van der Waals surface area contributed by atoms with E-state index in [2.05, 4.69) is 28.5 Å². The molecule has 2 aliphatic heterocycles. The number of rotatable bonds is 3. The molecule has 0 spiro atoms. The lowest BCUT2D eigenvalue weighted by molar-refractivity contribution is 0.0761. The molecule has 22 heavy (non-hydrogen) atoms. The van der Waals surface area contributed by atoms with E-state index in [0.717, 1.165) is 31.9 Å². The fourth-order valence-corrected chi connectivity index (χ4v) is 3.75. The Morgan fingerprint density at radius 2 is 1.68 bits per heavy atom. The number of likely N-dealkylation sites (tertiary alicyclic amines) is 1. The monoisotopic (exact) mass is 305 g/mol. The quantitative estimate of drug-likeness (QED) is 0.850. The van der Waals surface area contributed by atoms with E-state index in [-0.39, 0.29) is 5.82 Å². The number of piperidine rings is 1. The Morgan fingerprint density at radius 1 is 1.00 bits per heavy atom. The minimum absolute atomic E-state index is 0.154. The van der Waals surface area contributed by atoms with Crippen molar-refractivity contribution in [1.82, 2.24) is 9.80 Å². The molecule has 0 radical (unpaired) electrons. The summed E-state index contributed by atoms with van der Waals surface area (Å²) in [6.45, 7) is 11.4. The Bertz CT molecular complexity index is 466. The topological polar surface area (TPSA) is 9.72 Å². The molecule has 0 saturated carbocycles. The lowest BCUT2D eigenvalue weighted by Crippen LogP contribution is -2.56. The first-order valence-electron chi connectivity index (χ1n) is 8.62. The fraction of sp³-hybridized carbons (Fsp3) is 0.667. The van der Waals surface area contributed by atoms with Crippen LogP contribution in [0.1, 0.15) is 26.7 Å². The number of piperazine rings is 1. The van der Waals surface area contributed by atoms with Gasteiger partial charge in [0.1, 0.15) is 5.82 Å². The first kappa shape index (κ1) is 15.8. The Labute approximate surface area is 133 Å². The maximum Gasteiger partial charge on any atom is 0.123 e. The van der Waals surface area contributed by atoms with E-state index in [1.807, 2.05) is 12.1 Å². The number of benzene rings is 1. The molecule has 122 valence electrons. The van der Waals surface area contributed by atoms with E-state index in [0.29, 0.717) is 12.1 Å². The van der Waals surface area contributed by atoms with Gasteiger partial charge in [-0.05, 0) is 57.5 Å². The normalized spacial score (nSPS) is 24.9. The summed E-state index contributed by atoms with van der Waals surface area (Å²) in [5.74, 6) is -0.154. The van der Waals surface area contributed by atoms with Gasteiger partial charge in [0.25, 0.3) is 0 Å². The summed E-state index contributed by atoms with van der Waals surface area (Å²) in [7, 11) is 0. The highest BCUT2D eigenvalue weighted by Crippen LogP contribution is 2.22. The van der Waals surface area contributed by atoms with Gasteiger partial charge in [-0.1, -0.05) is 0 Å². The van der Waals surface area contributed by atoms with Gasteiger partial charge in [-0.3, -0.25) is 9.80 Å². The highest BCUT2D eigenvalue weighted by molar-refractivity contribution is 5.46. The predicted molar refractivity (Wildman–Crippen MR) is 89.9 cm³/mol. The molecule has 0 bridgehead atoms. The summed E-state index contributed by atoms with van der Waals surface area (Å²) in [4.78, 5) is 7.65. The zero-order chi connectivity index (χ0) is 15.5. The van der Waals surface area contributed by atoms with Crippen LogP contribution in [0.4, 0.5) is 10.1 Å². The first-order chi connectivity index (χ1) is 10.6. The van der Waals surface area contributed by atoms with Gasteiger partial charge in [0.15, 0.2) is 0 Å². The molecule has 1 aromatic rings. The van der Waals surface area contributed by atoms with E-state index in [1.54, 1.807) is 12.1 Å². The molecule has 0 N–H and O–H groups in total. The molecule has 2 saturated heterocycles. The highest BCUT2D eigenvalue weighted by atomic mass is 19.1. The zero-order valence-corrected chi connectivity index (χ0v) is 13.8. The van der Waals surface area contributed by atoms with Crippen LogP contribution < -0.4 is 4.90 Å². The smallest absolute Gasteiger partial charge is 0.123 e. The molecule has 4 heteroatoms. The number of hydrogen-bond acceptors (Lipinski definition) is 3. The summed E-state index contributed by atoms with van der Waals surface area (Å²) < 4.78 is 13.0. The second kappa shape index (κ2) is 6.97. The fourth-order valence-electron chi connectivity index (χ4n) is 3.75. The van der Waals surface area contributed by atoms with Crippen molar-refractivity contribution < 1.29 is 4.39 Å². The van der Waals surface area contributed by atoms with Gasteiger partial charge in [0, 0.05) is 50.5 Å². The van der Waals surface area contributed by atoms with Crippen molar-refractivity contribution in [1.29, 1.82) is 0 Å². The van der Waals surface area contributed by atoms with E-state index in [4.69, 9.17) is 0 Å². The molecule has 0 aromatic heterocycles. The van der Waals surface area contributed by atoms with Crippen molar-refractivity contribution >= 4 is 5.69 Å². The van der Waals surface area contributed by atoms with Crippen molar-refractivity contribution in [3.8, 4) is 0 Å². The van der Waals surface area contributed by atoms with Crippen LogP contribution in [0.2, 0.25) is 0 Å². The van der Waals surface area contributed by atoms with E-state index in [1.165, 1.54) is 25.9 Å². The first-order valence-corrected chi connectivity index (χ1v) is 8.62. The van der Waals surface area contributed by atoms with Crippen LogP contribution in [0.15, 0.2) is 24.3 Å². The summed E-state index contributed by atoms with van der Waals surface area (Å²) in [6.07, 6.45) is 2.65. The molecule has 0 amide bonds. The molecule has 2 fully saturated rings. The van der Waals surface area contributed by atoms with Crippen molar-refractivity contribution in [3.63, 3.8) is 0 Å². The third-order valence-electron chi connectivity index (χ3n) is 5.18. The Morgan fingerprint density at radius 3 is 2.32 bits per heavy atom. The molecule has 1 atom stereocenters. The van der Waals surface area contributed by atoms with Crippen LogP contribution >= 0.6 is 0 Å². The molecule has 0 unspecified atom stereocenters. The molecule has 2 heterocycles. The molecule has 2 aliphatic rings. The molecule has 1 aromatic carbocycles. The van der Waals surface area contributed by atoms with Crippen molar-refractivity contribution in [3.05, 3.63) is 30.1 Å². The van der Waals surface area contributed by atoms with Gasteiger partial charge in [-0.2, -0.15) is 0 Å². The standard InChI is InChI=1S/C18H28FN3/c1-15(2)22-9-3-4-18(14-22)21-12-10-20(11-13-21)17-7-5-16(19)6-8-17/h5-8,15,18H,3-4,9-14H2,1-2H3/t18-/m1/s1. The lowest BCUT2D eigenvalue weighted by Gasteiger charge is -2.44. The Hall–Kier alpha value is -1.13. The third-order valence-corrected chi connectivity index (χ3v) is 5.18. The second-order valence-corrected chi connectivity index (χ2v) is 6.88. The van der Waals surface area contributed by atoms with E-state index < -0.39 is 0 Å². The largest absolute Gasteiger partial charge is 0.369 e. The zero-order valence-electron chi connectivity index (χ0n) is 13.8. The summed E-state index contributed by atoms with van der Waals surface area (Å²) in [5, 5.41) is 0. The van der Waals surface area contributed by atoms with Crippen LogP contribution in [0.3, 0.4) is 0 Å². The molecule has 0 aliphatic carbocycles. The van der Waals surface area contributed by atoms with Gasteiger partial charge >= 0.3 is 0 Å². The van der Waals surface area contributed by atoms with Crippen molar-refractivity contribution in [2.75, 3.05) is 44.2 Å². The second-order valence-electron chi connectivity index (χ2n) is 6.88. The van der Waals surface area contributed by atoms with Gasteiger partial charge in [0.2, 0.25) is 0 Å². The lowest BCUT2D eigenvalue weighted by atomic mass is 10.0. The van der Waals surface area contributed by atoms with E-state index >= 15 is 0 Å². The highest BCUT2D eigenvalue weighted by Gasteiger charge is 2.28. The van der Waals surface area contributed by atoms with Gasteiger partial charge in [-0.25, -0.2) is 4.39 Å². The average molecular weight is 305 g/mol. The molecular weight excluding hydrogens is 277 g/mol. The summed E-state index contributed by atoms with van der Waals surface area (Å²) in [6, 6.07) is 8.28. The molecular formula is C18H28FN3. The van der Waals surface area contributed by atoms with Crippen LogP contribution in [-0.4, -0.2) is 61.2 Å². The SMILES string of the molecule is CC(C)N1CCC[C@@H](N2CCN(c3ccc(F)cc3)CC2)C1. The van der Waals surface area contributed by atoms with Crippen LogP contribution in [-0.2, 0) is 0 Å². The van der Waals surface area contributed by atoms with Gasteiger partial charge < -0.3 is 4.90 Å². The number of hydrogen-bond donors (Lipinski definition) is 0. The van der Waals surface area contributed by atoms with E-state index in [9.17, 15) is 4.39 Å². The van der Waals surface area contributed by atoms with Crippen LogP contribution in [0.25, 0.3) is 0 Å². The van der Waals surface area contributed by atoms with Crippen LogP contribution in [0.5, 0.6) is 0 Å². The number of anilines is 1. The third kappa shape index (κ3) is 3.61. The maximum atomic E-state index is 13.0. The Balaban J connectivity index is 1.54. The van der Waals surface area contributed by atoms with Crippen molar-refractivity contribution in [2.24, 2.45) is 0 Å². The van der Waals surface area contributed by atoms with Crippen LogP contribution in [0, 0.1) is 5.82 Å². The average Bonchev–Trinajstić information content (AvgIpc) is 2.56. The van der Waals surface area contributed by atoms with Gasteiger partial charge in [-0.15, -0.1) is 0 Å². The summed E-state index contributed by atoms with van der Waals surface area (Å²) >= 11 is 0.